The van der Waals surface area contributed by atoms with Gasteiger partial charge in [0.2, 0.25) is 0 Å². The van der Waals surface area contributed by atoms with Gasteiger partial charge in [0.15, 0.2) is 0 Å². The molecule has 162 valence electrons. The van der Waals surface area contributed by atoms with E-state index in [9.17, 15) is 22.8 Å². The normalized spacial score (nSPS) is 11.2. The molecule has 0 atom stereocenters. The second-order valence-corrected chi connectivity index (χ2v) is 6.62. The van der Waals surface area contributed by atoms with Crippen LogP contribution in [0.2, 0.25) is 0 Å². The third kappa shape index (κ3) is 9.09. The van der Waals surface area contributed by atoms with E-state index in [2.05, 4.69) is 22.2 Å². The summed E-state index contributed by atoms with van der Waals surface area (Å²) in [6.07, 6.45) is -2.57. The van der Waals surface area contributed by atoms with Gasteiger partial charge in [0.1, 0.15) is 5.75 Å². The lowest BCUT2D eigenvalue weighted by atomic mass is 10.1. The number of unbranched alkanes of at least 4 members (excludes halogenated alkanes) is 1. The number of nitrogens with one attached hydrogen (secondary N) is 1. The molecule has 0 aliphatic carbocycles. The largest absolute Gasteiger partial charge is 0.494 e. The number of hydrogen-bond donors (Lipinski definition) is 1. The van der Waals surface area contributed by atoms with Crippen molar-refractivity contribution in [1.29, 1.82) is 0 Å². The van der Waals surface area contributed by atoms with Gasteiger partial charge >= 0.3 is 18.1 Å². The molecule has 0 aliphatic rings. The van der Waals surface area contributed by atoms with Crippen molar-refractivity contribution in [1.82, 2.24) is 5.32 Å². The predicted octanol–water partition coefficient (Wildman–Crippen LogP) is 4.20. The van der Waals surface area contributed by atoms with Crippen molar-refractivity contribution in [3.8, 4) is 5.75 Å². The fraction of sp³-hybridized carbons (Fsp3) is 0.364. The summed E-state index contributed by atoms with van der Waals surface area (Å²) in [5, 5.41) is 2.92. The van der Waals surface area contributed by atoms with Gasteiger partial charge in [-0.2, -0.15) is 13.2 Å². The highest BCUT2D eigenvalue weighted by molar-refractivity contribution is 5.88. The second kappa shape index (κ2) is 12.0. The number of benzene rings is 2. The van der Waals surface area contributed by atoms with Gasteiger partial charge in [-0.3, -0.25) is 4.79 Å². The van der Waals surface area contributed by atoms with Crippen LogP contribution in [0.1, 0.15) is 30.4 Å². The number of aryl methyl sites for hydroxylation is 1. The third-order valence-corrected chi connectivity index (χ3v) is 4.14. The Balaban J connectivity index is 1.61. The van der Waals surface area contributed by atoms with Gasteiger partial charge in [0.25, 0.3) is 0 Å². The highest BCUT2D eigenvalue weighted by atomic mass is 19.4. The van der Waals surface area contributed by atoms with Crippen molar-refractivity contribution in [3.05, 3.63) is 65.7 Å². The summed E-state index contributed by atoms with van der Waals surface area (Å²) < 4.78 is 45.5. The number of rotatable bonds is 11. The van der Waals surface area contributed by atoms with Crippen LogP contribution < -0.4 is 10.1 Å². The Morgan fingerprint density at radius 2 is 1.67 bits per heavy atom. The van der Waals surface area contributed by atoms with E-state index in [4.69, 9.17) is 4.74 Å². The number of hydrogen-bond acceptors (Lipinski definition) is 5. The zero-order valence-electron chi connectivity index (χ0n) is 16.4. The highest BCUT2D eigenvalue weighted by Gasteiger charge is 2.42. The van der Waals surface area contributed by atoms with Crippen molar-refractivity contribution in [2.24, 2.45) is 0 Å². The first-order chi connectivity index (χ1) is 14.3. The van der Waals surface area contributed by atoms with Crippen molar-refractivity contribution in [3.63, 3.8) is 0 Å². The summed E-state index contributed by atoms with van der Waals surface area (Å²) >= 11 is 0. The van der Waals surface area contributed by atoms with E-state index >= 15 is 0 Å². The predicted molar refractivity (Wildman–Crippen MR) is 105 cm³/mol. The van der Waals surface area contributed by atoms with Crippen molar-refractivity contribution < 1.29 is 32.2 Å². The van der Waals surface area contributed by atoms with Gasteiger partial charge in [-0.15, -0.1) is 0 Å². The van der Waals surface area contributed by atoms with Crippen LogP contribution in [0.15, 0.2) is 54.6 Å². The van der Waals surface area contributed by atoms with Gasteiger partial charge in [-0.05, 0) is 42.5 Å². The first-order valence-corrected chi connectivity index (χ1v) is 9.63. The molecule has 0 radical (unpaired) electrons. The molecule has 0 bridgehead atoms. The lowest BCUT2D eigenvalue weighted by Gasteiger charge is -2.09. The summed E-state index contributed by atoms with van der Waals surface area (Å²) in [4.78, 5) is 21.8. The van der Waals surface area contributed by atoms with Crippen LogP contribution in [0.5, 0.6) is 5.75 Å². The summed E-state index contributed by atoms with van der Waals surface area (Å²) in [5.41, 5.74) is 2.20. The van der Waals surface area contributed by atoms with E-state index in [1.807, 2.05) is 42.5 Å². The molecular weight excluding hydrogens is 399 g/mol. The van der Waals surface area contributed by atoms with Crippen molar-refractivity contribution >= 4 is 11.9 Å². The lowest BCUT2D eigenvalue weighted by molar-refractivity contribution is -0.201. The van der Waals surface area contributed by atoms with E-state index in [0.717, 1.165) is 30.6 Å². The first-order valence-electron chi connectivity index (χ1n) is 9.63. The first kappa shape index (κ1) is 23.4. The molecule has 30 heavy (non-hydrogen) atoms. The molecule has 0 unspecified atom stereocenters. The number of alkyl halides is 3. The molecule has 0 fully saturated rings. The molecule has 0 aromatic heterocycles. The fourth-order valence-electron chi connectivity index (χ4n) is 2.65. The van der Waals surface area contributed by atoms with Crippen LogP contribution in [0.4, 0.5) is 13.2 Å². The molecular formula is C22H24F3NO4. The quantitative estimate of drug-likeness (QED) is 0.333. The SMILES string of the molecule is O=C(CCNCc1cccc(OCCCCc2ccccc2)c1)OC(=O)C(F)(F)F. The Hall–Kier alpha value is -2.87. The maximum Gasteiger partial charge on any atom is 0.491 e. The Morgan fingerprint density at radius 3 is 2.40 bits per heavy atom. The highest BCUT2D eigenvalue weighted by Crippen LogP contribution is 2.17. The van der Waals surface area contributed by atoms with Gasteiger partial charge < -0.3 is 14.8 Å². The molecule has 0 aliphatic heterocycles. The van der Waals surface area contributed by atoms with Crippen LogP contribution >= 0.6 is 0 Å². The zero-order chi connectivity index (χ0) is 21.8. The van der Waals surface area contributed by atoms with Crippen LogP contribution in [0, 0.1) is 0 Å². The van der Waals surface area contributed by atoms with Crippen molar-refractivity contribution in [2.75, 3.05) is 13.2 Å². The Kier molecular flexibility index (Phi) is 9.34. The van der Waals surface area contributed by atoms with Crippen molar-refractivity contribution in [2.45, 2.75) is 38.4 Å². The standard InChI is InChI=1S/C22H24F3NO4/c23-22(24,25)21(28)30-20(27)12-13-26-16-18-10-6-11-19(15-18)29-14-5-4-9-17-7-2-1-3-8-17/h1-3,6-8,10-11,15,26H,4-5,9,12-14,16H2. The van der Waals surface area contributed by atoms with Crippen LogP contribution in [0.25, 0.3) is 0 Å². The van der Waals surface area contributed by atoms with E-state index < -0.39 is 18.1 Å². The molecule has 0 spiro atoms. The Morgan fingerprint density at radius 1 is 0.933 bits per heavy atom. The molecule has 8 heteroatoms. The molecule has 0 saturated carbocycles. The van der Waals surface area contributed by atoms with Gasteiger partial charge in [0, 0.05) is 13.1 Å². The number of halogens is 3. The van der Waals surface area contributed by atoms with Gasteiger partial charge in [-0.1, -0.05) is 42.5 Å². The average Bonchev–Trinajstić information content (AvgIpc) is 2.71. The van der Waals surface area contributed by atoms with E-state index in [-0.39, 0.29) is 13.0 Å². The average molecular weight is 423 g/mol. The summed E-state index contributed by atoms with van der Waals surface area (Å²) in [7, 11) is 0. The molecule has 1 N–H and O–H groups in total. The molecule has 0 saturated heterocycles. The minimum atomic E-state index is -5.18. The van der Waals surface area contributed by atoms with Crippen LogP contribution in [0.3, 0.4) is 0 Å². The van der Waals surface area contributed by atoms with E-state index in [1.54, 1.807) is 0 Å². The minimum Gasteiger partial charge on any atom is -0.494 e. The minimum absolute atomic E-state index is 0.0779. The number of ether oxygens (including phenoxy) is 2. The molecule has 0 amide bonds. The van der Waals surface area contributed by atoms with Gasteiger partial charge in [-0.25, -0.2) is 4.79 Å². The second-order valence-electron chi connectivity index (χ2n) is 6.62. The third-order valence-electron chi connectivity index (χ3n) is 4.14. The Bertz CT molecular complexity index is 810. The molecule has 2 rings (SSSR count). The van der Waals surface area contributed by atoms with Crippen LogP contribution in [-0.4, -0.2) is 31.3 Å². The summed E-state index contributed by atoms with van der Waals surface area (Å²) in [6, 6.07) is 17.7. The van der Waals surface area contributed by atoms with Crippen LogP contribution in [-0.2, 0) is 27.3 Å². The fourth-order valence-corrected chi connectivity index (χ4v) is 2.65. The smallest absolute Gasteiger partial charge is 0.491 e. The summed E-state index contributed by atoms with van der Waals surface area (Å²) in [5.74, 6) is -3.00. The number of esters is 2. The maximum atomic E-state index is 12.0. The van der Waals surface area contributed by atoms with E-state index in [0.29, 0.717) is 13.2 Å². The number of carbonyl (C=O) groups is 2. The Labute approximate surface area is 173 Å². The number of carbonyl (C=O) groups excluding carboxylic acids is 2. The molecule has 2 aromatic rings. The topological polar surface area (TPSA) is 64.6 Å². The monoisotopic (exact) mass is 423 g/mol. The maximum absolute atomic E-state index is 12.0. The van der Waals surface area contributed by atoms with Gasteiger partial charge in [0.05, 0.1) is 13.0 Å². The molecule has 5 nitrogen and oxygen atoms in total. The van der Waals surface area contributed by atoms with E-state index in [1.165, 1.54) is 5.56 Å². The molecule has 2 aromatic carbocycles. The lowest BCUT2D eigenvalue weighted by Crippen LogP contribution is -2.29. The molecule has 0 heterocycles. The zero-order valence-corrected chi connectivity index (χ0v) is 16.4. The summed E-state index contributed by atoms with van der Waals surface area (Å²) in [6.45, 7) is 1.07.